The first-order valence-electron chi connectivity index (χ1n) is 7.40. The molecule has 1 heterocycles. The Labute approximate surface area is 115 Å². The van der Waals surface area contributed by atoms with Crippen molar-refractivity contribution in [1.82, 2.24) is 9.55 Å². The van der Waals surface area contributed by atoms with E-state index in [1.165, 1.54) is 43.4 Å². The molecule has 0 atom stereocenters. The number of nitrogens with two attached hydrogens (primary N) is 1. The highest BCUT2D eigenvalue weighted by atomic mass is 15.1. The third-order valence-corrected chi connectivity index (χ3v) is 3.78. The first-order chi connectivity index (χ1) is 9.26. The Morgan fingerprint density at radius 1 is 1.16 bits per heavy atom. The largest absolute Gasteiger partial charge is 0.331 e. The monoisotopic (exact) mass is 259 g/mol. The number of hydrogen-bond donors (Lipinski definition) is 1. The maximum absolute atomic E-state index is 5.68. The van der Waals surface area contributed by atoms with E-state index in [0.29, 0.717) is 6.54 Å². The number of unbranched alkanes of at least 4 members (excludes halogenated alkanes) is 4. The van der Waals surface area contributed by atoms with Gasteiger partial charge in [-0.1, -0.05) is 38.7 Å². The third-order valence-electron chi connectivity index (χ3n) is 3.78. The standard InChI is InChI=1S/C16H25N3/c1-3-4-5-6-7-8-16-18-14-11-13(12-17)9-10-15(14)19(16)2/h9-11H,3-8,12,17H2,1-2H3. The average molecular weight is 259 g/mol. The summed E-state index contributed by atoms with van der Waals surface area (Å²) in [5, 5.41) is 0. The molecule has 0 saturated carbocycles. The van der Waals surface area contributed by atoms with Gasteiger partial charge in [0.05, 0.1) is 11.0 Å². The Hall–Kier alpha value is -1.35. The molecule has 1 aromatic heterocycles. The molecule has 0 bridgehead atoms. The lowest BCUT2D eigenvalue weighted by molar-refractivity contribution is 0.616. The van der Waals surface area contributed by atoms with Crippen LogP contribution in [0.2, 0.25) is 0 Å². The van der Waals surface area contributed by atoms with Crippen molar-refractivity contribution in [3.8, 4) is 0 Å². The maximum Gasteiger partial charge on any atom is 0.109 e. The van der Waals surface area contributed by atoms with Gasteiger partial charge < -0.3 is 10.3 Å². The molecule has 0 amide bonds. The number of aryl methyl sites for hydroxylation is 2. The molecule has 0 fully saturated rings. The van der Waals surface area contributed by atoms with Crippen molar-refractivity contribution in [2.24, 2.45) is 12.8 Å². The van der Waals surface area contributed by atoms with Gasteiger partial charge in [-0.2, -0.15) is 0 Å². The number of imidazole rings is 1. The van der Waals surface area contributed by atoms with Crippen molar-refractivity contribution in [3.05, 3.63) is 29.6 Å². The molecule has 19 heavy (non-hydrogen) atoms. The summed E-state index contributed by atoms with van der Waals surface area (Å²) >= 11 is 0. The summed E-state index contributed by atoms with van der Waals surface area (Å²) in [6.45, 7) is 2.83. The summed E-state index contributed by atoms with van der Waals surface area (Å²) in [5.41, 5.74) is 9.12. The fourth-order valence-electron chi connectivity index (χ4n) is 2.53. The van der Waals surface area contributed by atoms with E-state index in [0.717, 1.165) is 17.5 Å². The number of benzene rings is 1. The molecular weight excluding hydrogens is 234 g/mol. The third kappa shape index (κ3) is 3.35. The topological polar surface area (TPSA) is 43.8 Å². The molecule has 0 unspecified atom stereocenters. The van der Waals surface area contributed by atoms with Crippen molar-refractivity contribution >= 4 is 11.0 Å². The fraction of sp³-hybridized carbons (Fsp3) is 0.562. The minimum atomic E-state index is 0.582. The van der Waals surface area contributed by atoms with Crippen LogP contribution in [0, 0.1) is 0 Å². The van der Waals surface area contributed by atoms with E-state index in [1.807, 2.05) is 0 Å². The number of aromatic nitrogens is 2. The Morgan fingerprint density at radius 3 is 2.68 bits per heavy atom. The minimum Gasteiger partial charge on any atom is -0.331 e. The highest BCUT2D eigenvalue weighted by Gasteiger charge is 2.07. The van der Waals surface area contributed by atoms with E-state index >= 15 is 0 Å². The number of hydrogen-bond acceptors (Lipinski definition) is 2. The quantitative estimate of drug-likeness (QED) is 0.773. The van der Waals surface area contributed by atoms with E-state index in [2.05, 4.69) is 36.7 Å². The van der Waals surface area contributed by atoms with Crippen molar-refractivity contribution < 1.29 is 0 Å². The van der Waals surface area contributed by atoms with Gasteiger partial charge in [-0.25, -0.2) is 4.98 Å². The predicted octanol–water partition coefficient (Wildman–Crippen LogP) is 3.54. The van der Waals surface area contributed by atoms with Crippen molar-refractivity contribution in [1.29, 1.82) is 0 Å². The van der Waals surface area contributed by atoms with Gasteiger partial charge in [0.1, 0.15) is 5.82 Å². The van der Waals surface area contributed by atoms with E-state index in [4.69, 9.17) is 10.7 Å². The molecule has 0 spiro atoms. The van der Waals surface area contributed by atoms with E-state index in [1.54, 1.807) is 0 Å². The van der Waals surface area contributed by atoms with Crippen LogP contribution in [-0.4, -0.2) is 9.55 Å². The molecule has 2 aromatic rings. The maximum atomic E-state index is 5.68. The van der Waals surface area contributed by atoms with Crippen LogP contribution >= 0.6 is 0 Å². The summed E-state index contributed by atoms with van der Waals surface area (Å²) in [5.74, 6) is 1.20. The van der Waals surface area contributed by atoms with Gasteiger partial charge in [0.15, 0.2) is 0 Å². The van der Waals surface area contributed by atoms with Crippen molar-refractivity contribution in [2.75, 3.05) is 0 Å². The van der Waals surface area contributed by atoms with Crippen LogP contribution in [0.4, 0.5) is 0 Å². The summed E-state index contributed by atoms with van der Waals surface area (Å²) < 4.78 is 2.22. The van der Waals surface area contributed by atoms with Crippen LogP contribution in [0.5, 0.6) is 0 Å². The normalized spacial score (nSPS) is 11.3. The zero-order chi connectivity index (χ0) is 13.7. The molecular formula is C16H25N3. The summed E-state index contributed by atoms with van der Waals surface area (Å²) in [6.07, 6.45) is 7.62. The second-order valence-corrected chi connectivity index (χ2v) is 5.28. The smallest absolute Gasteiger partial charge is 0.109 e. The molecule has 3 heteroatoms. The van der Waals surface area contributed by atoms with Gasteiger partial charge in [-0.05, 0) is 24.1 Å². The molecule has 0 aliphatic carbocycles. The predicted molar refractivity (Wildman–Crippen MR) is 81.1 cm³/mol. The molecule has 104 valence electrons. The van der Waals surface area contributed by atoms with E-state index < -0.39 is 0 Å². The summed E-state index contributed by atoms with van der Waals surface area (Å²) in [7, 11) is 2.11. The van der Waals surface area contributed by atoms with Crippen LogP contribution in [0.15, 0.2) is 18.2 Å². The van der Waals surface area contributed by atoms with Gasteiger partial charge in [0, 0.05) is 20.0 Å². The van der Waals surface area contributed by atoms with Crippen LogP contribution in [0.3, 0.4) is 0 Å². The summed E-state index contributed by atoms with van der Waals surface area (Å²) in [6, 6.07) is 6.33. The molecule has 1 aromatic carbocycles. The summed E-state index contributed by atoms with van der Waals surface area (Å²) in [4.78, 5) is 4.75. The lowest BCUT2D eigenvalue weighted by Crippen LogP contribution is -1.98. The van der Waals surface area contributed by atoms with Gasteiger partial charge >= 0.3 is 0 Å². The van der Waals surface area contributed by atoms with Gasteiger partial charge in [0.25, 0.3) is 0 Å². The Kier molecular flexibility index (Phi) is 4.97. The van der Waals surface area contributed by atoms with Crippen LogP contribution in [0.1, 0.15) is 50.4 Å². The van der Waals surface area contributed by atoms with E-state index in [9.17, 15) is 0 Å². The molecule has 0 saturated heterocycles. The zero-order valence-corrected chi connectivity index (χ0v) is 12.2. The lowest BCUT2D eigenvalue weighted by atomic mass is 10.1. The van der Waals surface area contributed by atoms with Crippen molar-refractivity contribution in [3.63, 3.8) is 0 Å². The molecule has 0 radical (unpaired) electrons. The van der Waals surface area contributed by atoms with Gasteiger partial charge in [-0.3, -0.25) is 0 Å². The van der Waals surface area contributed by atoms with Crippen molar-refractivity contribution in [2.45, 2.75) is 52.0 Å². The average Bonchev–Trinajstić information content (AvgIpc) is 2.75. The SMILES string of the molecule is CCCCCCCc1nc2cc(CN)ccc2n1C. The second-order valence-electron chi connectivity index (χ2n) is 5.28. The fourth-order valence-corrected chi connectivity index (χ4v) is 2.53. The Bertz CT molecular complexity index is 528. The molecule has 0 aliphatic heterocycles. The first-order valence-corrected chi connectivity index (χ1v) is 7.40. The molecule has 2 rings (SSSR count). The number of nitrogens with zero attached hydrogens (tertiary/aromatic N) is 2. The number of rotatable bonds is 7. The Morgan fingerprint density at radius 2 is 1.95 bits per heavy atom. The lowest BCUT2D eigenvalue weighted by Gasteiger charge is -2.02. The zero-order valence-electron chi connectivity index (χ0n) is 12.2. The van der Waals surface area contributed by atoms with Gasteiger partial charge in [-0.15, -0.1) is 0 Å². The van der Waals surface area contributed by atoms with Crippen LogP contribution in [-0.2, 0) is 20.0 Å². The molecule has 2 N–H and O–H groups in total. The highest BCUT2D eigenvalue weighted by molar-refractivity contribution is 5.76. The van der Waals surface area contributed by atoms with Crippen LogP contribution in [0.25, 0.3) is 11.0 Å². The minimum absolute atomic E-state index is 0.582. The number of fused-ring (bicyclic) bond motifs is 1. The Balaban J connectivity index is 2.04. The van der Waals surface area contributed by atoms with Gasteiger partial charge in [0.2, 0.25) is 0 Å². The highest BCUT2D eigenvalue weighted by Crippen LogP contribution is 2.18. The second kappa shape index (κ2) is 6.71. The molecule has 3 nitrogen and oxygen atoms in total. The first kappa shape index (κ1) is 14.1. The van der Waals surface area contributed by atoms with Crippen LogP contribution < -0.4 is 5.73 Å². The van der Waals surface area contributed by atoms with E-state index in [-0.39, 0.29) is 0 Å². The molecule has 0 aliphatic rings.